The summed E-state index contributed by atoms with van der Waals surface area (Å²) in [5, 5.41) is 17.9. The van der Waals surface area contributed by atoms with E-state index in [0.717, 1.165) is 0 Å². The van der Waals surface area contributed by atoms with Gasteiger partial charge in [0.25, 0.3) is 0 Å². The van der Waals surface area contributed by atoms with Crippen LogP contribution in [0.4, 0.5) is 0 Å². The van der Waals surface area contributed by atoms with Gasteiger partial charge in [0.15, 0.2) is 0 Å². The lowest BCUT2D eigenvalue weighted by Crippen LogP contribution is -2.23. The van der Waals surface area contributed by atoms with Gasteiger partial charge in [-0.1, -0.05) is 0 Å². The summed E-state index contributed by atoms with van der Waals surface area (Å²) in [5.41, 5.74) is -0.359. The first-order valence-electron chi connectivity index (χ1n) is 3.25. The number of thioether (sulfide) groups is 1. The molecular weight excluding hydrogens is 152 g/mol. The van der Waals surface area contributed by atoms with E-state index in [2.05, 4.69) is 0 Å². The smallest absolute Gasteiger partial charge is 0.102 e. The number of rotatable bonds is 2. The van der Waals surface area contributed by atoms with Crippen LogP contribution >= 0.6 is 11.8 Å². The summed E-state index contributed by atoms with van der Waals surface area (Å²) in [6.45, 7) is 0.0836. The van der Waals surface area contributed by atoms with Gasteiger partial charge in [-0.15, -0.1) is 11.8 Å². The van der Waals surface area contributed by atoms with Crippen LogP contribution in [0.25, 0.3) is 0 Å². The van der Waals surface area contributed by atoms with Crippen LogP contribution in [0.3, 0.4) is 0 Å². The molecule has 1 aliphatic rings. The molecular formula is C6H12O3S. The normalized spacial score (nSPS) is 40.5. The average Bonchev–Trinajstić information content (AvgIpc) is 2.30. The van der Waals surface area contributed by atoms with Gasteiger partial charge >= 0.3 is 0 Å². The largest absolute Gasteiger partial charge is 0.395 e. The average molecular weight is 164 g/mol. The molecule has 10 heavy (non-hydrogen) atoms. The zero-order valence-electron chi connectivity index (χ0n) is 5.86. The fourth-order valence-electron chi connectivity index (χ4n) is 1.10. The van der Waals surface area contributed by atoms with Gasteiger partial charge in [0.1, 0.15) is 5.44 Å². The van der Waals surface area contributed by atoms with Crippen molar-refractivity contribution in [3.05, 3.63) is 0 Å². The van der Waals surface area contributed by atoms with Crippen molar-refractivity contribution in [2.45, 2.75) is 23.2 Å². The molecule has 0 radical (unpaired) electrons. The molecule has 0 bridgehead atoms. The van der Waals surface area contributed by atoms with E-state index in [1.807, 2.05) is 0 Å². The predicted octanol–water partition coefficient (Wildman–Crippen LogP) is -0.182. The van der Waals surface area contributed by atoms with E-state index in [9.17, 15) is 0 Å². The fourth-order valence-corrected chi connectivity index (χ4v) is 2.29. The summed E-state index contributed by atoms with van der Waals surface area (Å²) in [7, 11) is 1.60. The van der Waals surface area contributed by atoms with E-state index in [-0.39, 0.29) is 23.4 Å². The lowest BCUT2D eigenvalue weighted by Gasteiger charge is -2.12. The number of methoxy groups -OCH3 is 1. The van der Waals surface area contributed by atoms with Gasteiger partial charge in [0.2, 0.25) is 0 Å². The van der Waals surface area contributed by atoms with E-state index < -0.39 is 0 Å². The molecule has 0 aliphatic carbocycles. The first kappa shape index (κ1) is 8.33. The Bertz CT molecular complexity index is 97.2. The van der Waals surface area contributed by atoms with Crippen LogP contribution in [0.5, 0.6) is 0 Å². The maximum Gasteiger partial charge on any atom is 0.102 e. The van der Waals surface area contributed by atoms with Gasteiger partial charge in [0.05, 0.1) is 18.0 Å². The van der Waals surface area contributed by atoms with Gasteiger partial charge in [-0.3, -0.25) is 0 Å². The van der Waals surface area contributed by atoms with E-state index in [1.54, 1.807) is 7.11 Å². The van der Waals surface area contributed by atoms with Crippen LogP contribution < -0.4 is 0 Å². The molecule has 0 aromatic heterocycles. The zero-order chi connectivity index (χ0) is 7.56. The fraction of sp³-hybridized carbons (Fsp3) is 1.00. The summed E-state index contributed by atoms with van der Waals surface area (Å²) in [4.78, 5) is 0. The summed E-state index contributed by atoms with van der Waals surface area (Å²) in [6, 6.07) is 0. The molecule has 0 aromatic carbocycles. The Morgan fingerprint density at radius 1 is 1.70 bits per heavy atom. The minimum absolute atomic E-state index is 0.0185. The highest BCUT2D eigenvalue weighted by Gasteiger charge is 2.33. The molecule has 3 atom stereocenters. The van der Waals surface area contributed by atoms with Crippen molar-refractivity contribution in [2.24, 2.45) is 0 Å². The molecule has 1 aliphatic heterocycles. The van der Waals surface area contributed by atoms with Crippen LogP contribution in [-0.4, -0.2) is 40.7 Å². The molecule has 60 valence electrons. The van der Waals surface area contributed by atoms with Crippen molar-refractivity contribution in [3.8, 4) is 0 Å². The van der Waals surface area contributed by atoms with Gasteiger partial charge in [0, 0.05) is 13.5 Å². The summed E-state index contributed by atoms with van der Waals surface area (Å²) < 4.78 is 5.04. The molecule has 0 saturated carbocycles. The second-order valence-electron chi connectivity index (χ2n) is 2.32. The Balaban J connectivity index is 2.41. The minimum Gasteiger partial charge on any atom is -0.395 e. The number of aliphatic hydroxyl groups is 2. The van der Waals surface area contributed by atoms with E-state index in [4.69, 9.17) is 14.9 Å². The summed E-state index contributed by atoms with van der Waals surface area (Å²) in [5.74, 6) is 0. The van der Waals surface area contributed by atoms with Crippen LogP contribution in [0.1, 0.15) is 6.42 Å². The van der Waals surface area contributed by atoms with Gasteiger partial charge in [-0.25, -0.2) is 0 Å². The molecule has 1 fully saturated rings. The van der Waals surface area contributed by atoms with Crippen molar-refractivity contribution in [2.75, 3.05) is 13.7 Å². The number of aliphatic hydroxyl groups excluding tert-OH is 2. The molecule has 1 saturated heterocycles. The Morgan fingerprint density at radius 2 is 2.40 bits per heavy atom. The van der Waals surface area contributed by atoms with E-state index in [0.29, 0.717) is 6.42 Å². The Morgan fingerprint density at radius 3 is 2.80 bits per heavy atom. The summed E-state index contributed by atoms with van der Waals surface area (Å²) in [6.07, 6.45) is 0.650. The van der Waals surface area contributed by atoms with Gasteiger partial charge < -0.3 is 14.9 Å². The molecule has 2 N–H and O–H groups in total. The van der Waals surface area contributed by atoms with Crippen molar-refractivity contribution < 1.29 is 14.9 Å². The molecule has 1 heterocycles. The van der Waals surface area contributed by atoms with Crippen LogP contribution in [0, 0.1) is 0 Å². The van der Waals surface area contributed by atoms with E-state index in [1.165, 1.54) is 11.8 Å². The van der Waals surface area contributed by atoms with Crippen LogP contribution in [0.15, 0.2) is 0 Å². The quantitative estimate of drug-likeness (QED) is 0.594. The highest BCUT2D eigenvalue weighted by atomic mass is 32.2. The molecule has 0 aromatic rings. The molecule has 0 amide bonds. The third kappa shape index (κ3) is 1.63. The van der Waals surface area contributed by atoms with Crippen molar-refractivity contribution in [1.29, 1.82) is 0 Å². The maximum atomic E-state index is 9.10. The lowest BCUT2D eigenvalue weighted by atomic mass is 10.2. The summed E-state index contributed by atoms with van der Waals surface area (Å²) >= 11 is 1.38. The Labute approximate surface area is 64.4 Å². The third-order valence-corrected chi connectivity index (χ3v) is 2.97. The molecule has 1 unspecified atom stereocenters. The zero-order valence-corrected chi connectivity index (χ0v) is 6.67. The monoisotopic (exact) mass is 164 g/mol. The minimum atomic E-state index is -0.359. The SMILES string of the molecule is CO[C@H]1CC(O)S[C@@H]1CO. The second kappa shape index (κ2) is 3.57. The highest BCUT2D eigenvalue weighted by molar-refractivity contribution is 8.00. The first-order valence-corrected chi connectivity index (χ1v) is 4.19. The van der Waals surface area contributed by atoms with E-state index >= 15 is 0 Å². The number of hydrogen-bond donors (Lipinski definition) is 2. The van der Waals surface area contributed by atoms with Crippen molar-refractivity contribution in [1.82, 2.24) is 0 Å². The molecule has 3 nitrogen and oxygen atoms in total. The second-order valence-corrected chi connectivity index (χ2v) is 3.74. The standard InChI is InChI=1S/C6H12O3S/c1-9-4-2-6(8)10-5(4)3-7/h4-8H,2-3H2,1H3/t4-,5+,6?/m0/s1. The first-order chi connectivity index (χ1) is 4.77. The van der Waals surface area contributed by atoms with Crippen molar-refractivity contribution in [3.63, 3.8) is 0 Å². The van der Waals surface area contributed by atoms with Crippen molar-refractivity contribution >= 4 is 11.8 Å². The highest BCUT2D eigenvalue weighted by Crippen LogP contribution is 2.33. The maximum absolute atomic E-state index is 9.10. The lowest BCUT2D eigenvalue weighted by molar-refractivity contribution is 0.0690. The molecule has 4 heteroatoms. The molecule has 0 spiro atoms. The van der Waals surface area contributed by atoms with Gasteiger partial charge in [-0.05, 0) is 0 Å². The Hall–Kier alpha value is 0.230. The van der Waals surface area contributed by atoms with Crippen LogP contribution in [-0.2, 0) is 4.74 Å². The van der Waals surface area contributed by atoms with Crippen LogP contribution in [0.2, 0.25) is 0 Å². The molecule has 1 rings (SSSR count). The Kier molecular flexibility index (Phi) is 2.97. The van der Waals surface area contributed by atoms with Gasteiger partial charge in [-0.2, -0.15) is 0 Å². The topological polar surface area (TPSA) is 49.7 Å². The number of ether oxygens (including phenoxy) is 1. The third-order valence-electron chi connectivity index (χ3n) is 1.66. The number of hydrogen-bond acceptors (Lipinski definition) is 4. The predicted molar refractivity (Wildman–Crippen MR) is 39.9 cm³/mol.